The number of aromatic nitrogens is 1. The Morgan fingerprint density at radius 1 is 1.20 bits per heavy atom. The molecule has 4 atom stereocenters. The van der Waals surface area contributed by atoms with Gasteiger partial charge in [-0.3, -0.25) is 4.79 Å². The fourth-order valence-electron chi connectivity index (χ4n) is 4.22. The summed E-state index contributed by atoms with van der Waals surface area (Å²) in [4.78, 5) is 18.5. The van der Waals surface area contributed by atoms with Gasteiger partial charge in [-0.1, -0.05) is 23.8 Å². The van der Waals surface area contributed by atoms with E-state index in [0.717, 1.165) is 13.1 Å². The third-order valence-electron chi connectivity index (χ3n) is 5.21. The number of pyridine rings is 1. The van der Waals surface area contributed by atoms with E-state index in [1.807, 2.05) is 4.90 Å². The van der Waals surface area contributed by atoms with Crippen molar-refractivity contribution in [2.45, 2.75) is 12.8 Å². The fourth-order valence-corrected chi connectivity index (χ4v) is 4.39. The lowest BCUT2D eigenvalue weighted by Gasteiger charge is -2.40. The number of nitrogens with zero attached hydrogens (tertiary/aromatic N) is 2. The summed E-state index contributed by atoms with van der Waals surface area (Å²) in [5.41, 5.74) is 0.656. The number of halogens is 1. The smallest absolute Gasteiger partial charge is 0.254 e. The molecule has 3 nitrogen and oxygen atoms in total. The SMILES string of the molecule is O=C(c1ccnc(Cl)c1)N1C[C@@H]2[C@@H](C1)[C@H]1C=C[C@H]2CC1. The lowest BCUT2D eigenvalue weighted by molar-refractivity contribution is 0.0782. The number of amides is 1. The summed E-state index contributed by atoms with van der Waals surface area (Å²) in [6, 6.07) is 3.42. The average molecular weight is 289 g/mol. The van der Waals surface area contributed by atoms with Crippen LogP contribution >= 0.6 is 11.6 Å². The van der Waals surface area contributed by atoms with Gasteiger partial charge in [0.1, 0.15) is 5.15 Å². The second kappa shape index (κ2) is 4.59. The molecule has 3 aliphatic carbocycles. The van der Waals surface area contributed by atoms with Crippen LogP contribution in [-0.2, 0) is 0 Å². The van der Waals surface area contributed by atoms with Crippen molar-refractivity contribution in [1.29, 1.82) is 0 Å². The number of hydrogen-bond donors (Lipinski definition) is 0. The van der Waals surface area contributed by atoms with Crippen LogP contribution in [0.5, 0.6) is 0 Å². The molecule has 1 aliphatic heterocycles. The molecule has 0 radical (unpaired) electrons. The molecule has 0 N–H and O–H groups in total. The fraction of sp³-hybridized carbons (Fsp3) is 0.500. The first-order chi connectivity index (χ1) is 9.72. The van der Waals surface area contributed by atoms with E-state index in [2.05, 4.69) is 17.1 Å². The predicted molar refractivity (Wildman–Crippen MR) is 77.5 cm³/mol. The molecule has 20 heavy (non-hydrogen) atoms. The van der Waals surface area contributed by atoms with E-state index >= 15 is 0 Å². The molecular formula is C16H17ClN2O. The van der Waals surface area contributed by atoms with Crippen molar-refractivity contribution in [2.24, 2.45) is 23.7 Å². The minimum absolute atomic E-state index is 0.100. The van der Waals surface area contributed by atoms with Crippen molar-refractivity contribution in [2.75, 3.05) is 13.1 Å². The van der Waals surface area contributed by atoms with Crippen molar-refractivity contribution in [3.05, 3.63) is 41.2 Å². The van der Waals surface area contributed by atoms with Gasteiger partial charge in [0.2, 0.25) is 0 Å². The molecule has 1 saturated heterocycles. The van der Waals surface area contributed by atoms with Gasteiger partial charge in [-0.15, -0.1) is 0 Å². The maximum atomic E-state index is 12.6. The first-order valence-electron chi connectivity index (χ1n) is 7.31. The van der Waals surface area contributed by atoms with Crippen LogP contribution in [0, 0.1) is 23.7 Å². The Labute approximate surface area is 123 Å². The van der Waals surface area contributed by atoms with Crippen molar-refractivity contribution in [3.8, 4) is 0 Å². The van der Waals surface area contributed by atoms with E-state index in [1.165, 1.54) is 12.8 Å². The first-order valence-corrected chi connectivity index (χ1v) is 7.69. The van der Waals surface area contributed by atoms with E-state index < -0.39 is 0 Å². The largest absolute Gasteiger partial charge is 0.338 e. The maximum absolute atomic E-state index is 12.6. The minimum atomic E-state index is 0.100. The second-order valence-corrected chi connectivity index (χ2v) is 6.58. The summed E-state index contributed by atoms with van der Waals surface area (Å²) in [6.07, 6.45) is 8.96. The summed E-state index contributed by atoms with van der Waals surface area (Å²) >= 11 is 5.88. The summed E-state index contributed by atoms with van der Waals surface area (Å²) < 4.78 is 0. The highest BCUT2D eigenvalue weighted by atomic mass is 35.5. The van der Waals surface area contributed by atoms with Crippen LogP contribution in [0.4, 0.5) is 0 Å². The molecule has 4 heteroatoms. The van der Waals surface area contributed by atoms with E-state index in [0.29, 0.717) is 34.4 Å². The number of likely N-dealkylation sites (tertiary alicyclic amines) is 1. The molecule has 0 unspecified atom stereocenters. The molecule has 104 valence electrons. The highest BCUT2D eigenvalue weighted by Gasteiger charge is 2.46. The summed E-state index contributed by atoms with van der Waals surface area (Å²) in [5, 5.41) is 0.384. The van der Waals surface area contributed by atoms with Gasteiger partial charge in [-0.25, -0.2) is 4.98 Å². The molecule has 1 aromatic heterocycles. The van der Waals surface area contributed by atoms with Gasteiger partial charge in [0, 0.05) is 24.8 Å². The zero-order valence-electron chi connectivity index (χ0n) is 11.2. The Bertz CT molecular complexity index is 564. The summed E-state index contributed by atoms with van der Waals surface area (Å²) in [6.45, 7) is 1.80. The molecular weight excluding hydrogens is 272 g/mol. The minimum Gasteiger partial charge on any atom is -0.338 e. The average Bonchev–Trinajstić information content (AvgIpc) is 2.95. The standard InChI is InChI=1S/C16H17ClN2O/c17-15-7-12(5-6-18-15)16(20)19-8-13-10-1-2-11(4-3-10)14(13)9-19/h1-2,5-7,10-11,13-14H,3-4,8-9H2/t10-,11-,13-,14-/m0/s1. The van der Waals surface area contributed by atoms with Crippen LogP contribution < -0.4 is 0 Å². The number of rotatable bonds is 1. The van der Waals surface area contributed by atoms with E-state index in [1.54, 1.807) is 18.3 Å². The maximum Gasteiger partial charge on any atom is 0.254 e. The normalized spacial score (nSPS) is 34.4. The van der Waals surface area contributed by atoms with Gasteiger partial charge in [0.15, 0.2) is 0 Å². The predicted octanol–water partition coefficient (Wildman–Crippen LogP) is 3.02. The van der Waals surface area contributed by atoms with Crippen LogP contribution in [0.3, 0.4) is 0 Å². The molecule has 1 aromatic rings. The lowest BCUT2D eigenvalue weighted by atomic mass is 9.64. The molecule has 0 spiro atoms. The topological polar surface area (TPSA) is 33.2 Å². The summed E-state index contributed by atoms with van der Waals surface area (Å²) in [7, 11) is 0. The lowest BCUT2D eigenvalue weighted by Crippen LogP contribution is -2.35. The van der Waals surface area contributed by atoms with Crippen LogP contribution in [0.2, 0.25) is 5.15 Å². The summed E-state index contributed by atoms with van der Waals surface area (Å²) in [5.74, 6) is 2.80. The van der Waals surface area contributed by atoms with Crippen LogP contribution in [0.25, 0.3) is 0 Å². The Balaban J connectivity index is 1.56. The van der Waals surface area contributed by atoms with Crippen molar-refractivity contribution in [3.63, 3.8) is 0 Å². The van der Waals surface area contributed by atoms with Crippen molar-refractivity contribution < 1.29 is 4.79 Å². The van der Waals surface area contributed by atoms with Crippen LogP contribution in [0.1, 0.15) is 23.2 Å². The molecule has 4 aliphatic rings. The Morgan fingerprint density at radius 2 is 1.85 bits per heavy atom. The number of carbonyl (C=O) groups excluding carboxylic acids is 1. The first kappa shape index (κ1) is 12.4. The Kier molecular flexibility index (Phi) is 2.84. The van der Waals surface area contributed by atoms with Gasteiger partial charge >= 0.3 is 0 Å². The molecule has 0 aromatic carbocycles. The molecule has 1 amide bonds. The second-order valence-electron chi connectivity index (χ2n) is 6.20. The van der Waals surface area contributed by atoms with E-state index in [9.17, 15) is 4.79 Å². The highest BCUT2D eigenvalue weighted by molar-refractivity contribution is 6.29. The zero-order chi connectivity index (χ0) is 13.7. The van der Waals surface area contributed by atoms with Gasteiger partial charge < -0.3 is 4.90 Å². The van der Waals surface area contributed by atoms with Crippen LogP contribution in [0.15, 0.2) is 30.5 Å². The number of allylic oxidation sites excluding steroid dienone is 2. The number of hydrogen-bond acceptors (Lipinski definition) is 2. The van der Waals surface area contributed by atoms with Crippen molar-refractivity contribution in [1.82, 2.24) is 9.88 Å². The van der Waals surface area contributed by atoms with E-state index in [4.69, 9.17) is 11.6 Å². The quantitative estimate of drug-likeness (QED) is 0.588. The molecule has 5 rings (SSSR count). The monoisotopic (exact) mass is 288 g/mol. The molecule has 2 fully saturated rings. The van der Waals surface area contributed by atoms with E-state index in [-0.39, 0.29) is 5.91 Å². The third kappa shape index (κ3) is 1.87. The van der Waals surface area contributed by atoms with Crippen molar-refractivity contribution >= 4 is 17.5 Å². The third-order valence-corrected chi connectivity index (χ3v) is 5.42. The number of carbonyl (C=O) groups is 1. The molecule has 1 saturated carbocycles. The Morgan fingerprint density at radius 3 is 2.40 bits per heavy atom. The zero-order valence-corrected chi connectivity index (χ0v) is 12.0. The van der Waals surface area contributed by atoms with Gasteiger partial charge in [-0.05, 0) is 48.6 Å². The van der Waals surface area contributed by atoms with Gasteiger partial charge in [0.05, 0.1) is 0 Å². The van der Waals surface area contributed by atoms with Gasteiger partial charge in [-0.2, -0.15) is 0 Å². The highest BCUT2D eigenvalue weighted by Crippen LogP contribution is 2.48. The van der Waals surface area contributed by atoms with Crippen LogP contribution in [-0.4, -0.2) is 28.9 Å². The molecule has 2 heterocycles. The molecule has 2 bridgehead atoms. The van der Waals surface area contributed by atoms with Gasteiger partial charge in [0.25, 0.3) is 5.91 Å². The Hall–Kier alpha value is -1.35. The number of fused-ring (bicyclic) bond motifs is 1.